The lowest BCUT2D eigenvalue weighted by atomic mass is 10.0. The van der Waals surface area contributed by atoms with Gasteiger partial charge in [0.1, 0.15) is 0 Å². The third-order valence-electron chi connectivity index (χ3n) is 4.26. The molecule has 0 bridgehead atoms. The number of thioether (sulfide) groups is 1. The van der Waals surface area contributed by atoms with E-state index >= 15 is 0 Å². The van der Waals surface area contributed by atoms with Crippen molar-refractivity contribution in [2.24, 2.45) is 0 Å². The fourth-order valence-electron chi connectivity index (χ4n) is 2.87. The summed E-state index contributed by atoms with van der Waals surface area (Å²) in [6, 6.07) is 18.4. The van der Waals surface area contributed by atoms with E-state index < -0.39 is 0 Å². The summed E-state index contributed by atoms with van der Waals surface area (Å²) in [7, 11) is 0. The molecule has 26 heavy (non-hydrogen) atoms. The highest BCUT2D eigenvalue weighted by molar-refractivity contribution is 8.12. The first kappa shape index (κ1) is 16.4. The summed E-state index contributed by atoms with van der Waals surface area (Å²) in [5.74, 6) is 0. The quantitative estimate of drug-likeness (QED) is 0.666. The van der Waals surface area contributed by atoms with Gasteiger partial charge < -0.3 is 11.1 Å². The van der Waals surface area contributed by atoms with E-state index in [1.807, 2.05) is 42.5 Å². The summed E-state index contributed by atoms with van der Waals surface area (Å²) >= 11 is 1.75. The number of nitrogen functional groups attached to an aromatic ring is 1. The van der Waals surface area contributed by atoms with Crippen LogP contribution >= 0.6 is 11.8 Å². The molecule has 3 heteroatoms. The summed E-state index contributed by atoms with van der Waals surface area (Å²) in [6.07, 6.45) is 12.1. The summed E-state index contributed by atoms with van der Waals surface area (Å²) < 4.78 is 0. The third kappa shape index (κ3) is 3.48. The predicted octanol–water partition coefficient (Wildman–Crippen LogP) is 5.84. The number of rotatable bonds is 2. The van der Waals surface area contributed by atoms with Crippen LogP contribution in [0.25, 0.3) is 10.5 Å². The van der Waals surface area contributed by atoms with E-state index in [-0.39, 0.29) is 0 Å². The van der Waals surface area contributed by atoms with Crippen molar-refractivity contribution in [2.45, 2.75) is 0 Å². The first-order valence-corrected chi connectivity index (χ1v) is 9.22. The zero-order valence-electron chi connectivity index (χ0n) is 14.1. The molecule has 0 spiro atoms. The minimum atomic E-state index is 0.525. The minimum Gasteiger partial charge on any atom is -0.399 e. The molecule has 1 aliphatic carbocycles. The topological polar surface area (TPSA) is 49.9 Å². The molecule has 0 unspecified atom stereocenters. The Morgan fingerprint density at radius 2 is 1.42 bits per heavy atom. The van der Waals surface area contributed by atoms with E-state index in [1.165, 1.54) is 20.9 Å². The van der Waals surface area contributed by atoms with Crippen molar-refractivity contribution in [1.29, 1.82) is 5.41 Å². The lowest BCUT2D eigenvalue weighted by Crippen LogP contribution is -1.96. The molecule has 0 saturated heterocycles. The van der Waals surface area contributed by atoms with Crippen molar-refractivity contribution < 1.29 is 0 Å². The molecule has 3 N–H and O–H groups in total. The fourth-order valence-corrected chi connectivity index (χ4v) is 3.98. The molecule has 0 radical (unpaired) electrons. The van der Waals surface area contributed by atoms with Crippen LogP contribution in [-0.4, -0.2) is 5.71 Å². The molecule has 2 aliphatic rings. The number of nitrogens with two attached hydrogens (primary N) is 1. The van der Waals surface area contributed by atoms with Crippen LogP contribution in [0, 0.1) is 5.41 Å². The van der Waals surface area contributed by atoms with Crippen LogP contribution in [0.4, 0.5) is 5.69 Å². The second kappa shape index (κ2) is 7.06. The van der Waals surface area contributed by atoms with Crippen LogP contribution in [0.2, 0.25) is 0 Å². The highest BCUT2D eigenvalue weighted by Gasteiger charge is 2.16. The molecular weight excluding hydrogens is 336 g/mol. The fraction of sp³-hybridized carbons (Fsp3) is 0. The van der Waals surface area contributed by atoms with Gasteiger partial charge in [-0.15, -0.1) is 0 Å². The van der Waals surface area contributed by atoms with Crippen molar-refractivity contribution in [3.05, 3.63) is 113 Å². The normalized spacial score (nSPS) is 16.5. The van der Waals surface area contributed by atoms with Gasteiger partial charge in [0, 0.05) is 15.5 Å². The monoisotopic (exact) mass is 354 g/mol. The smallest absolute Gasteiger partial charge is 0.0540 e. The maximum atomic E-state index is 7.72. The highest BCUT2D eigenvalue weighted by atomic mass is 32.2. The van der Waals surface area contributed by atoms with Gasteiger partial charge in [-0.2, -0.15) is 0 Å². The molecule has 126 valence electrons. The summed E-state index contributed by atoms with van der Waals surface area (Å²) in [4.78, 5) is 2.37. The number of nitrogens with one attached hydrogen (secondary N) is 1. The van der Waals surface area contributed by atoms with Crippen molar-refractivity contribution in [1.82, 2.24) is 0 Å². The molecule has 4 rings (SSSR count). The first-order valence-electron chi connectivity index (χ1n) is 8.41. The van der Waals surface area contributed by atoms with Crippen molar-refractivity contribution in [3.8, 4) is 0 Å². The maximum Gasteiger partial charge on any atom is 0.0540 e. The predicted molar refractivity (Wildman–Crippen MR) is 114 cm³/mol. The summed E-state index contributed by atoms with van der Waals surface area (Å²) in [5.41, 5.74) is 11.8. The molecule has 2 nitrogen and oxygen atoms in total. The molecule has 0 fully saturated rings. The molecule has 0 saturated carbocycles. The van der Waals surface area contributed by atoms with Gasteiger partial charge >= 0.3 is 0 Å². The number of benzene rings is 2. The second-order valence-corrected chi connectivity index (χ2v) is 7.22. The zero-order chi connectivity index (χ0) is 17.9. The average molecular weight is 354 g/mol. The van der Waals surface area contributed by atoms with E-state index in [9.17, 15) is 0 Å². The number of hydrogen-bond acceptors (Lipinski definition) is 3. The van der Waals surface area contributed by atoms with Crippen LogP contribution in [0.3, 0.4) is 0 Å². The number of allylic oxidation sites excluding steroid dienone is 8. The Kier molecular flexibility index (Phi) is 4.46. The Morgan fingerprint density at radius 1 is 0.731 bits per heavy atom. The van der Waals surface area contributed by atoms with E-state index in [1.54, 1.807) is 11.8 Å². The van der Waals surface area contributed by atoms with E-state index in [0.29, 0.717) is 5.71 Å². The molecule has 2 aromatic rings. The van der Waals surface area contributed by atoms with Gasteiger partial charge in [0.25, 0.3) is 0 Å². The minimum absolute atomic E-state index is 0.525. The number of hydrogen-bond donors (Lipinski definition) is 2. The lowest BCUT2D eigenvalue weighted by Gasteiger charge is -2.19. The highest BCUT2D eigenvalue weighted by Crippen LogP contribution is 2.43. The number of anilines is 1. The Hall–Kier alpha value is -3.04. The first-order chi connectivity index (χ1) is 12.7. The molecular formula is C23H18N2S. The van der Waals surface area contributed by atoms with Crippen molar-refractivity contribution in [2.75, 3.05) is 5.73 Å². The van der Waals surface area contributed by atoms with Crippen molar-refractivity contribution in [3.63, 3.8) is 0 Å². The maximum absolute atomic E-state index is 7.72. The average Bonchev–Trinajstić information content (AvgIpc) is 2.69. The van der Waals surface area contributed by atoms with Crippen LogP contribution in [0.1, 0.15) is 11.1 Å². The Labute approximate surface area is 157 Å². The largest absolute Gasteiger partial charge is 0.399 e. The standard InChI is InChI=1S/C23H18N2S/c24-20-10-6-17(7-11-20)22-14-19(16-4-2-1-3-5-16)15-23(26-22)18-8-12-21(25)13-9-18/h1-15,24H,25H2. The molecule has 0 atom stereocenters. The van der Waals surface area contributed by atoms with Gasteiger partial charge in [0.05, 0.1) is 5.71 Å². The van der Waals surface area contributed by atoms with Crippen LogP contribution in [-0.2, 0) is 0 Å². The molecule has 0 amide bonds. The summed E-state index contributed by atoms with van der Waals surface area (Å²) in [5, 5.41) is 7.72. The third-order valence-corrected chi connectivity index (χ3v) is 5.41. The molecule has 1 heterocycles. The van der Waals surface area contributed by atoms with E-state index in [2.05, 4.69) is 48.6 Å². The van der Waals surface area contributed by atoms with Gasteiger partial charge in [-0.1, -0.05) is 66.4 Å². The van der Waals surface area contributed by atoms with Gasteiger partial charge in [0.2, 0.25) is 0 Å². The zero-order valence-corrected chi connectivity index (χ0v) is 15.0. The van der Waals surface area contributed by atoms with Crippen LogP contribution in [0.5, 0.6) is 0 Å². The molecule has 0 aromatic heterocycles. The van der Waals surface area contributed by atoms with Crippen molar-refractivity contribution >= 4 is 33.6 Å². The second-order valence-electron chi connectivity index (χ2n) is 6.14. The Morgan fingerprint density at radius 3 is 2.12 bits per heavy atom. The van der Waals surface area contributed by atoms with Gasteiger partial charge in [0.15, 0.2) is 0 Å². The van der Waals surface area contributed by atoms with Crippen LogP contribution < -0.4 is 5.73 Å². The van der Waals surface area contributed by atoms with E-state index in [0.717, 1.165) is 16.8 Å². The van der Waals surface area contributed by atoms with Gasteiger partial charge in [-0.3, -0.25) is 0 Å². The van der Waals surface area contributed by atoms with E-state index in [4.69, 9.17) is 11.1 Å². The molecule has 2 aromatic carbocycles. The van der Waals surface area contributed by atoms with Gasteiger partial charge in [-0.05, 0) is 58.7 Å². The lowest BCUT2D eigenvalue weighted by molar-refractivity contribution is 1.51. The SMILES string of the molecule is N=C1C=CC(=C2C=C(c3ccccc3)C=C(c3ccc(N)cc3)S2)C=C1. The van der Waals surface area contributed by atoms with Gasteiger partial charge in [-0.25, -0.2) is 0 Å². The molecule has 1 aliphatic heterocycles. The Balaban J connectivity index is 1.82. The summed E-state index contributed by atoms with van der Waals surface area (Å²) in [6.45, 7) is 0. The van der Waals surface area contributed by atoms with Crippen LogP contribution in [0.15, 0.2) is 102 Å². The Bertz CT molecular complexity index is 986.